The van der Waals surface area contributed by atoms with E-state index in [-0.39, 0.29) is 17.4 Å². The molecule has 0 unspecified atom stereocenters. The van der Waals surface area contributed by atoms with E-state index in [4.69, 9.17) is 0 Å². The first-order chi connectivity index (χ1) is 10.5. The number of carbonyl (C=O) groups is 1. The third-order valence-corrected chi connectivity index (χ3v) is 6.49. The molecule has 0 radical (unpaired) electrons. The molecule has 0 aliphatic carbocycles. The van der Waals surface area contributed by atoms with Crippen LogP contribution in [-0.4, -0.2) is 58.2 Å². The summed E-state index contributed by atoms with van der Waals surface area (Å²) < 4.78 is 0. The van der Waals surface area contributed by atoms with Gasteiger partial charge in [0.2, 0.25) is 11.0 Å². The van der Waals surface area contributed by atoms with Gasteiger partial charge in [-0.2, -0.15) is 11.8 Å². The van der Waals surface area contributed by atoms with Crippen molar-refractivity contribution in [3.8, 4) is 0 Å². The molecule has 2 aliphatic rings. The lowest BCUT2D eigenvalue weighted by atomic mass is 9.98. The summed E-state index contributed by atoms with van der Waals surface area (Å²) in [5.74, 6) is 2.40. The number of rotatable bonds is 2. The molecule has 122 valence electrons. The summed E-state index contributed by atoms with van der Waals surface area (Å²) in [4.78, 5) is 17.0. The molecule has 7 heteroatoms. The van der Waals surface area contributed by atoms with Crippen molar-refractivity contribution in [3.63, 3.8) is 0 Å². The fourth-order valence-electron chi connectivity index (χ4n) is 2.88. The molecule has 1 atom stereocenters. The molecule has 0 aromatic carbocycles. The lowest BCUT2D eigenvalue weighted by Gasteiger charge is -2.32. The van der Waals surface area contributed by atoms with Crippen molar-refractivity contribution in [2.24, 2.45) is 0 Å². The summed E-state index contributed by atoms with van der Waals surface area (Å²) in [5.41, 5.74) is 0.0131. The summed E-state index contributed by atoms with van der Waals surface area (Å²) in [5, 5.41) is 10.6. The Morgan fingerprint density at radius 1 is 1.18 bits per heavy atom. The lowest BCUT2D eigenvalue weighted by molar-refractivity contribution is -0.132. The lowest BCUT2D eigenvalue weighted by Crippen LogP contribution is -2.48. The summed E-state index contributed by atoms with van der Waals surface area (Å²) >= 11 is 3.57. The zero-order valence-electron chi connectivity index (χ0n) is 13.5. The van der Waals surface area contributed by atoms with E-state index in [9.17, 15) is 4.79 Å². The first-order valence-electron chi connectivity index (χ1n) is 7.94. The molecule has 1 amide bonds. The minimum absolute atomic E-state index is 0.0131. The molecule has 0 N–H and O–H groups in total. The second kappa shape index (κ2) is 6.35. The highest BCUT2D eigenvalue weighted by Crippen LogP contribution is 2.34. The number of nitrogens with zero attached hydrogens (tertiary/aromatic N) is 4. The van der Waals surface area contributed by atoms with Crippen LogP contribution < -0.4 is 4.90 Å². The predicted molar refractivity (Wildman–Crippen MR) is 92.9 cm³/mol. The number of hydrogen-bond donors (Lipinski definition) is 0. The highest BCUT2D eigenvalue weighted by atomic mass is 32.2. The molecule has 5 nitrogen and oxygen atoms in total. The molecule has 22 heavy (non-hydrogen) atoms. The Labute approximate surface area is 140 Å². The Hall–Kier alpha value is -0.820. The summed E-state index contributed by atoms with van der Waals surface area (Å²) in [7, 11) is 0. The molecule has 1 aromatic heterocycles. The second-order valence-corrected chi connectivity index (χ2v) is 9.11. The van der Waals surface area contributed by atoms with E-state index < -0.39 is 0 Å². The normalized spacial score (nSPS) is 23.1. The summed E-state index contributed by atoms with van der Waals surface area (Å²) in [6, 6.07) is -0.0381. The third kappa shape index (κ3) is 3.25. The van der Waals surface area contributed by atoms with Gasteiger partial charge in [-0.05, 0) is 12.8 Å². The highest BCUT2D eigenvalue weighted by molar-refractivity contribution is 7.99. The van der Waals surface area contributed by atoms with Crippen molar-refractivity contribution >= 4 is 34.1 Å². The fraction of sp³-hybridized carbons (Fsp3) is 0.800. The Morgan fingerprint density at radius 3 is 2.55 bits per heavy atom. The molecule has 3 heterocycles. The van der Waals surface area contributed by atoms with Crippen molar-refractivity contribution in [3.05, 3.63) is 5.01 Å². The number of carbonyl (C=O) groups excluding carboxylic acids is 1. The second-order valence-electron chi connectivity index (χ2n) is 6.93. The predicted octanol–water partition coefficient (Wildman–Crippen LogP) is 2.38. The number of anilines is 1. The van der Waals surface area contributed by atoms with Gasteiger partial charge in [0, 0.05) is 36.6 Å². The van der Waals surface area contributed by atoms with Crippen molar-refractivity contribution in [2.45, 2.75) is 45.1 Å². The molecule has 2 saturated heterocycles. The van der Waals surface area contributed by atoms with Crippen LogP contribution in [0, 0.1) is 0 Å². The van der Waals surface area contributed by atoms with Crippen molar-refractivity contribution in [1.29, 1.82) is 0 Å². The minimum Gasteiger partial charge on any atom is -0.339 e. The quantitative estimate of drug-likeness (QED) is 0.827. The van der Waals surface area contributed by atoms with Gasteiger partial charge in [-0.25, -0.2) is 0 Å². The van der Waals surface area contributed by atoms with Gasteiger partial charge in [-0.1, -0.05) is 32.1 Å². The summed E-state index contributed by atoms with van der Waals surface area (Å²) in [6.45, 7) is 9.13. The van der Waals surface area contributed by atoms with Gasteiger partial charge in [0.25, 0.3) is 0 Å². The van der Waals surface area contributed by atoms with E-state index in [0.717, 1.165) is 54.1 Å². The van der Waals surface area contributed by atoms with E-state index in [2.05, 4.69) is 35.9 Å². The molecular formula is C15H24N4OS2. The Morgan fingerprint density at radius 2 is 1.91 bits per heavy atom. The average Bonchev–Trinajstić information content (AvgIpc) is 3.15. The Bertz CT molecular complexity index is 534. The molecule has 2 aliphatic heterocycles. The van der Waals surface area contributed by atoms with Gasteiger partial charge in [0.1, 0.15) is 11.0 Å². The van der Waals surface area contributed by atoms with Gasteiger partial charge >= 0.3 is 0 Å². The van der Waals surface area contributed by atoms with Crippen LogP contribution >= 0.6 is 23.1 Å². The Balaban J connectivity index is 1.75. The average molecular weight is 341 g/mol. The van der Waals surface area contributed by atoms with E-state index in [1.807, 2.05) is 16.7 Å². The maximum atomic E-state index is 12.8. The molecule has 1 aromatic rings. The van der Waals surface area contributed by atoms with E-state index >= 15 is 0 Å². The maximum absolute atomic E-state index is 12.8. The Kier molecular flexibility index (Phi) is 4.64. The standard InChI is InChI=1S/C15H24N4OS2/c1-15(2,3)13-16-17-14(22-13)19-6-4-5-11(19)12(20)18-7-9-21-10-8-18/h11H,4-10H2,1-3H3/t11-/m0/s1. The highest BCUT2D eigenvalue weighted by Gasteiger charge is 2.36. The van der Waals surface area contributed by atoms with Crippen molar-refractivity contribution in [2.75, 3.05) is 36.0 Å². The monoisotopic (exact) mass is 340 g/mol. The molecular weight excluding hydrogens is 316 g/mol. The van der Waals surface area contributed by atoms with Crippen molar-refractivity contribution < 1.29 is 4.79 Å². The molecule has 2 fully saturated rings. The van der Waals surface area contributed by atoms with Crippen LogP contribution in [0.25, 0.3) is 0 Å². The van der Waals surface area contributed by atoms with Gasteiger partial charge in [-0.15, -0.1) is 10.2 Å². The third-order valence-electron chi connectivity index (χ3n) is 4.16. The van der Waals surface area contributed by atoms with Crippen LogP contribution in [0.2, 0.25) is 0 Å². The number of aromatic nitrogens is 2. The smallest absolute Gasteiger partial charge is 0.245 e. The molecule has 0 bridgehead atoms. The zero-order chi connectivity index (χ0) is 15.7. The minimum atomic E-state index is -0.0381. The van der Waals surface area contributed by atoms with Crippen LogP contribution in [0.4, 0.5) is 5.13 Å². The first kappa shape index (κ1) is 16.1. The van der Waals surface area contributed by atoms with Crippen LogP contribution in [0.15, 0.2) is 0 Å². The van der Waals surface area contributed by atoms with Crippen molar-refractivity contribution in [1.82, 2.24) is 15.1 Å². The van der Waals surface area contributed by atoms with Gasteiger partial charge < -0.3 is 9.80 Å². The van der Waals surface area contributed by atoms with Crippen LogP contribution in [0.1, 0.15) is 38.6 Å². The molecule has 0 spiro atoms. The van der Waals surface area contributed by atoms with Gasteiger partial charge in [0.05, 0.1) is 0 Å². The van der Waals surface area contributed by atoms with E-state index in [0.29, 0.717) is 0 Å². The number of hydrogen-bond acceptors (Lipinski definition) is 6. The van der Waals surface area contributed by atoms with Crippen LogP contribution in [0.5, 0.6) is 0 Å². The SMILES string of the molecule is CC(C)(C)c1nnc(N2CCC[C@H]2C(=O)N2CCSCC2)s1. The maximum Gasteiger partial charge on any atom is 0.245 e. The summed E-state index contributed by atoms with van der Waals surface area (Å²) in [6.07, 6.45) is 2.00. The van der Waals surface area contributed by atoms with Gasteiger partial charge in [0.15, 0.2) is 0 Å². The topological polar surface area (TPSA) is 49.3 Å². The molecule has 0 saturated carbocycles. The van der Waals surface area contributed by atoms with Crippen LogP contribution in [0.3, 0.4) is 0 Å². The number of thioether (sulfide) groups is 1. The number of amides is 1. The molecule has 3 rings (SSSR count). The zero-order valence-corrected chi connectivity index (χ0v) is 15.2. The van der Waals surface area contributed by atoms with Crippen LogP contribution in [-0.2, 0) is 10.2 Å². The fourth-order valence-corrected chi connectivity index (χ4v) is 4.76. The largest absolute Gasteiger partial charge is 0.339 e. The van der Waals surface area contributed by atoms with Gasteiger partial charge in [-0.3, -0.25) is 4.79 Å². The van der Waals surface area contributed by atoms with E-state index in [1.165, 1.54) is 0 Å². The van der Waals surface area contributed by atoms with E-state index in [1.54, 1.807) is 11.3 Å². The first-order valence-corrected chi connectivity index (χ1v) is 9.91.